The number of nitrogens with one attached hydrogen (secondary N) is 1. The van der Waals surface area contributed by atoms with Crippen LogP contribution in [0.25, 0.3) is 11.3 Å². The van der Waals surface area contributed by atoms with E-state index in [4.69, 9.17) is 9.73 Å². The second-order valence-electron chi connectivity index (χ2n) is 8.60. The molecular weight excluding hydrogens is 366 g/mol. The molecule has 2 atom stereocenters. The second kappa shape index (κ2) is 7.10. The first kappa shape index (κ1) is 19.3. The Balaban J connectivity index is 1.92. The molecule has 1 aromatic heterocycles. The molecule has 6 heteroatoms. The molecule has 0 saturated heterocycles. The maximum atomic E-state index is 13.3. The zero-order valence-corrected chi connectivity index (χ0v) is 17.2. The summed E-state index contributed by atoms with van der Waals surface area (Å²) in [7, 11) is 1.37. The van der Waals surface area contributed by atoms with Crippen LogP contribution in [-0.4, -0.2) is 34.8 Å². The van der Waals surface area contributed by atoms with E-state index >= 15 is 0 Å². The molecule has 0 fully saturated rings. The third kappa shape index (κ3) is 3.33. The van der Waals surface area contributed by atoms with Gasteiger partial charge in [0.1, 0.15) is 5.92 Å². The number of nitrogens with zero attached hydrogens (tertiary/aromatic N) is 2. The minimum absolute atomic E-state index is 0.0478. The highest BCUT2D eigenvalue weighted by Crippen LogP contribution is 2.49. The molecule has 0 bridgehead atoms. The van der Waals surface area contributed by atoms with Crippen molar-refractivity contribution in [2.24, 2.45) is 16.3 Å². The molecule has 1 N–H and O–H groups in total. The van der Waals surface area contributed by atoms with Gasteiger partial charge >= 0.3 is 5.97 Å². The first-order valence-electron chi connectivity index (χ1n) is 9.80. The van der Waals surface area contributed by atoms with Crippen LogP contribution in [0.3, 0.4) is 0 Å². The van der Waals surface area contributed by atoms with Crippen LogP contribution in [0.1, 0.15) is 45.1 Å². The van der Waals surface area contributed by atoms with Gasteiger partial charge in [-0.15, -0.1) is 0 Å². The predicted octanol–water partition coefficient (Wildman–Crippen LogP) is 4.07. The minimum Gasteiger partial charge on any atom is -0.468 e. The number of rotatable bonds is 3. The molecule has 1 aliphatic carbocycles. The molecule has 2 heterocycles. The van der Waals surface area contributed by atoms with Crippen LogP contribution in [0.4, 0.5) is 0 Å². The standard InChI is InChI=1S/C23H25N3O3/c1-13-18(22(28)29-4)19(20-16(25-13)10-23(2,3)11-17(20)27)15-12-24-26-21(15)14-8-6-5-7-9-14/h5-9,12,18-19H,10-11H2,1-4H3,(H,24,26)/t18?,19-/m0/s1. The minimum atomic E-state index is -0.649. The summed E-state index contributed by atoms with van der Waals surface area (Å²) in [6.45, 7) is 6.00. The van der Waals surface area contributed by atoms with Crippen LogP contribution in [0, 0.1) is 11.3 Å². The molecule has 0 radical (unpaired) electrons. The van der Waals surface area contributed by atoms with Gasteiger partial charge in [-0.05, 0) is 24.3 Å². The SMILES string of the molecule is COC(=O)C1C(C)=NC2=C(C(=O)CC(C)(C)C2)[C@H]1c1cn[nH]c1-c1ccccc1. The van der Waals surface area contributed by atoms with E-state index in [0.29, 0.717) is 24.1 Å². The van der Waals surface area contributed by atoms with Gasteiger partial charge in [-0.25, -0.2) is 0 Å². The highest BCUT2D eigenvalue weighted by Gasteiger charge is 2.46. The summed E-state index contributed by atoms with van der Waals surface area (Å²) in [5.41, 5.74) is 4.52. The van der Waals surface area contributed by atoms with Crippen molar-refractivity contribution in [3.8, 4) is 11.3 Å². The van der Waals surface area contributed by atoms with Crippen molar-refractivity contribution in [1.29, 1.82) is 0 Å². The fourth-order valence-electron chi connectivity index (χ4n) is 4.58. The molecule has 0 amide bonds. The Hall–Kier alpha value is -3.02. The topological polar surface area (TPSA) is 84.4 Å². The lowest BCUT2D eigenvalue weighted by Gasteiger charge is -2.38. The summed E-state index contributed by atoms with van der Waals surface area (Å²) in [4.78, 5) is 30.7. The quantitative estimate of drug-likeness (QED) is 0.800. The highest BCUT2D eigenvalue weighted by atomic mass is 16.5. The van der Waals surface area contributed by atoms with Crippen molar-refractivity contribution >= 4 is 17.5 Å². The Morgan fingerprint density at radius 1 is 1.21 bits per heavy atom. The van der Waals surface area contributed by atoms with Crippen molar-refractivity contribution in [2.45, 2.75) is 39.5 Å². The van der Waals surface area contributed by atoms with Crippen LogP contribution in [0.5, 0.6) is 0 Å². The third-order valence-corrected chi connectivity index (χ3v) is 5.82. The molecule has 1 aliphatic heterocycles. The van der Waals surface area contributed by atoms with Gasteiger partial charge in [0.2, 0.25) is 0 Å². The Kier molecular flexibility index (Phi) is 4.73. The number of hydrogen-bond acceptors (Lipinski definition) is 5. The summed E-state index contributed by atoms with van der Waals surface area (Å²) < 4.78 is 5.11. The molecular formula is C23H25N3O3. The van der Waals surface area contributed by atoms with E-state index in [1.165, 1.54) is 7.11 Å². The molecule has 2 aromatic rings. The van der Waals surface area contributed by atoms with Gasteiger partial charge in [-0.1, -0.05) is 44.2 Å². The van der Waals surface area contributed by atoms with E-state index in [0.717, 1.165) is 22.5 Å². The number of aromatic nitrogens is 2. The Morgan fingerprint density at radius 2 is 1.93 bits per heavy atom. The third-order valence-electron chi connectivity index (χ3n) is 5.82. The lowest BCUT2D eigenvalue weighted by atomic mass is 9.66. The normalized spacial score (nSPS) is 23.4. The van der Waals surface area contributed by atoms with E-state index in [1.807, 2.05) is 37.3 Å². The number of allylic oxidation sites excluding steroid dienone is 2. The van der Waals surface area contributed by atoms with Crippen LogP contribution >= 0.6 is 0 Å². The van der Waals surface area contributed by atoms with Crippen molar-refractivity contribution < 1.29 is 14.3 Å². The van der Waals surface area contributed by atoms with E-state index in [1.54, 1.807) is 6.20 Å². The van der Waals surface area contributed by atoms with E-state index < -0.39 is 11.8 Å². The lowest BCUT2D eigenvalue weighted by Crippen LogP contribution is -2.39. The summed E-state index contributed by atoms with van der Waals surface area (Å²) >= 11 is 0. The van der Waals surface area contributed by atoms with Crippen molar-refractivity contribution in [1.82, 2.24) is 10.2 Å². The number of ketones is 1. The molecule has 4 rings (SSSR count). The molecule has 0 saturated carbocycles. The van der Waals surface area contributed by atoms with Gasteiger partial charge in [0.05, 0.1) is 19.0 Å². The fraction of sp³-hybridized carbons (Fsp3) is 0.391. The maximum absolute atomic E-state index is 13.3. The average Bonchev–Trinajstić information content (AvgIpc) is 3.15. The molecule has 1 unspecified atom stereocenters. The van der Waals surface area contributed by atoms with Gasteiger partial charge in [0, 0.05) is 34.9 Å². The van der Waals surface area contributed by atoms with Gasteiger partial charge < -0.3 is 4.74 Å². The molecule has 6 nitrogen and oxygen atoms in total. The maximum Gasteiger partial charge on any atom is 0.315 e. The number of aliphatic imine (C=N–C) groups is 1. The highest BCUT2D eigenvalue weighted by molar-refractivity contribution is 6.09. The van der Waals surface area contributed by atoms with Crippen LogP contribution in [-0.2, 0) is 14.3 Å². The number of ether oxygens (including phenoxy) is 1. The summed E-state index contributed by atoms with van der Waals surface area (Å²) in [6.07, 6.45) is 2.86. The molecule has 0 spiro atoms. The van der Waals surface area contributed by atoms with E-state index in [2.05, 4.69) is 24.0 Å². The average molecular weight is 391 g/mol. The Bertz CT molecular complexity index is 1030. The van der Waals surface area contributed by atoms with E-state index in [9.17, 15) is 9.59 Å². The fourth-order valence-corrected chi connectivity index (χ4v) is 4.58. The molecule has 29 heavy (non-hydrogen) atoms. The molecule has 1 aromatic carbocycles. The number of H-pyrrole nitrogens is 1. The number of Topliss-reactive ketones (excluding diaryl/α,β-unsaturated/α-hetero) is 1. The van der Waals surface area contributed by atoms with Crippen LogP contribution in [0.15, 0.2) is 52.8 Å². The van der Waals surface area contributed by atoms with Gasteiger partial charge in [0.25, 0.3) is 0 Å². The van der Waals surface area contributed by atoms with Crippen molar-refractivity contribution in [3.05, 3.63) is 53.4 Å². The largest absolute Gasteiger partial charge is 0.468 e. The second-order valence-corrected chi connectivity index (χ2v) is 8.60. The number of methoxy groups -OCH3 is 1. The zero-order chi connectivity index (χ0) is 20.8. The van der Waals surface area contributed by atoms with Crippen molar-refractivity contribution in [3.63, 3.8) is 0 Å². The number of benzene rings is 1. The number of hydrogen-bond donors (Lipinski definition) is 1. The Morgan fingerprint density at radius 3 is 2.62 bits per heavy atom. The Labute approximate surface area is 170 Å². The smallest absolute Gasteiger partial charge is 0.315 e. The van der Waals surface area contributed by atoms with E-state index in [-0.39, 0.29) is 17.2 Å². The predicted molar refractivity (Wildman–Crippen MR) is 110 cm³/mol. The number of carbonyl (C=O) groups excluding carboxylic acids is 2. The number of esters is 1. The first-order valence-corrected chi connectivity index (χ1v) is 9.80. The summed E-state index contributed by atoms with van der Waals surface area (Å²) in [6, 6.07) is 9.81. The van der Waals surface area contributed by atoms with Crippen molar-refractivity contribution in [2.75, 3.05) is 7.11 Å². The van der Waals surface area contributed by atoms with Crippen LogP contribution in [0.2, 0.25) is 0 Å². The van der Waals surface area contributed by atoms with Gasteiger partial charge in [-0.3, -0.25) is 19.7 Å². The number of carbonyl (C=O) groups is 2. The first-order chi connectivity index (χ1) is 13.8. The summed E-state index contributed by atoms with van der Waals surface area (Å²) in [5.74, 6) is -1.45. The van der Waals surface area contributed by atoms with Gasteiger partial charge in [0.15, 0.2) is 5.78 Å². The zero-order valence-electron chi connectivity index (χ0n) is 17.2. The summed E-state index contributed by atoms with van der Waals surface area (Å²) in [5, 5.41) is 7.32. The molecule has 150 valence electrons. The van der Waals surface area contributed by atoms with Crippen LogP contribution < -0.4 is 0 Å². The monoisotopic (exact) mass is 391 g/mol. The number of aromatic amines is 1. The molecule has 2 aliphatic rings. The lowest BCUT2D eigenvalue weighted by molar-refractivity contribution is -0.143. The van der Waals surface area contributed by atoms with Gasteiger partial charge in [-0.2, -0.15) is 5.10 Å².